The fourth-order valence-electron chi connectivity index (χ4n) is 12.8. The number of pyridine rings is 1. The fourth-order valence-corrected chi connectivity index (χ4v) is 12.8. The number of hydrogen-bond acceptors (Lipinski definition) is 13. The SMILES string of the molecule is CCc1c(F)ccc2cc(O)cc(-c3ncc4c(N5CCC[C@]6(CCO6)C5)nc(OCC5(CN6CCC(F)(CN7CCN(c8ccc9c(c8)C(C)(C)C(=O)N9C8CCC(=O)NC8=O)CC7)CC6)CC5)nc4c3F)c12. The van der Waals surface area contributed by atoms with E-state index in [0.717, 1.165) is 49.9 Å². The van der Waals surface area contributed by atoms with E-state index in [1.165, 1.54) is 12.1 Å². The summed E-state index contributed by atoms with van der Waals surface area (Å²) in [5, 5.41) is 14.6. The van der Waals surface area contributed by atoms with E-state index in [9.17, 15) is 19.5 Å². The lowest BCUT2D eigenvalue weighted by atomic mass is 9.86. The molecule has 12 rings (SSSR count). The first kappa shape index (κ1) is 48.8. The largest absolute Gasteiger partial charge is 0.508 e. The van der Waals surface area contributed by atoms with Crippen LogP contribution in [0.2, 0.25) is 0 Å². The molecule has 6 fully saturated rings. The number of phenols is 1. The number of phenolic OH excluding ortho intramolecular Hbond substituents is 1. The molecule has 5 saturated heterocycles. The van der Waals surface area contributed by atoms with Gasteiger partial charge in [-0.25, -0.2) is 13.2 Å². The lowest BCUT2D eigenvalue weighted by Gasteiger charge is -2.48. The number of piperidine rings is 3. The van der Waals surface area contributed by atoms with Crippen LogP contribution in [0.5, 0.6) is 11.8 Å². The lowest BCUT2D eigenvalue weighted by molar-refractivity contribution is -0.151. The van der Waals surface area contributed by atoms with E-state index in [-0.39, 0.29) is 57.8 Å². The maximum Gasteiger partial charge on any atom is 0.319 e. The minimum atomic E-state index is -1.31. The summed E-state index contributed by atoms with van der Waals surface area (Å²) < 4.78 is 61.8. The number of amides is 3. The van der Waals surface area contributed by atoms with E-state index < -0.39 is 34.7 Å². The zero-order valence-electron chi connectivity index (χ0n) is 42.5. The number of aryl methyl sites for hydroxylation is 1. The Morgan fingerprint density at radius 2 is 1.65 bits per heavy atom. The second-order valence-electron chi connectivity index (χ2n) is 22.7. The van der Waals surface area contributed by atoms with Crippen LogP contribution in [0.15, 0.2) is 48.7 Å². The molecule has 18 heteroatoms. The molecule has 390 valence electrons. The number of benzene rings is 3. The molecule has 5 aromatic rings. The van der Waals surface area contributed by atoms with Gasteiger partial charge in [-0.05, 0) is 124 Å². The maximum absolute atomic E-state index is 17.3. The highest BCUT2D eigenvalue weighted by atomic mass is 19.1. The number of alkyl halides is 1. The molecule has 2 N–H and O–H groups in total. The number of aromatic hydroxyl groups is 1. The molecule has 2 atom stereocenters. The molecule has 15 nitrogen and oxygen atoms in total. The molecule has 7 aliphatic rings. The molecule has 0 radical (unpaired) electrons. The van der Waals surface area contributed by atoms with Crippen LogP contribution in [-0.2, 0) is 31.0 Å². The summed E-state index contributed by atoms with van der Waals surface area (Å²) in [6, 6.07) is 11.2. The summed E-state index contributed by atoms with van der Waals surface area (Å²) in [6.45, 7) is 13.1. The number of nitrogens with zero attached hydrogens (tertiary/aromatic N) is 8. The van der Waals surface area contributed by atoms with Gasteiger partial charge in [-0.2, -0.15) is 9.97 Å². The quantitative estimate of drug-likeness (QED) is 0.120. The smallest absolute Gasteiger partial charge is 0.319 e. The Balaban J connectivity index is 0.702. The van der Waals surface area contributed by atoms with Crippen LogP contribution in [0, 0.1) is 17.0 Å². The molecule has 2 aromatic heterocycles. The number of carbonyl (C=O) groups is 3. The van der Waals surface area contributed by atoms with Crippen molar-refractivity contribution in [2.45, 2.75) is 108 Å². The van der Waals surface area contributed by atoms with Crippen molar-refractivity contribution in [1.29, 1.82) is 0 Å². The number of nitrogens with one attached hydrogen (secondary N) is 1. The Labute approximate surface area is 428 Å². The molecule has 1 spiro atoms. The van der Waals surface area contributed by atoms with Crippen molar-refractivity contribution in [3.63, 3.8) is 0 Å². The summed E-state index contributed by atoms with van der Waals surface area (Å²) >= 11 is 0. The Morgan fingerprint density at radius 1 is 0.878 bits per heavy atom. The summed E-state index contributed by atoms with van der Waals surface area (Å²) in [7, 11) is 0. The first-order valence-corrected chi connectivity index (χ1v) is 26.6. The Hall–Kier alpha value is -6.11. The predicted octanol–water partition coefficient (Wildman–Crippen LogP) is 7.37. The monoisotopic (exact) mass is 1020 g/mol. The Kier molecular flexibility index (Phi) is 12.1. The van der Waals surface area contributed by atoms with E-state index in [2.05, 4.69) is 36.0 Å². The van der Waals surface area contributed by atoms with Gasteiger partial charge in [-0.3, -0.25) is 34.5 Å². The van der Waals surface area contributed by atoms with Gasteiger partial charge in [0.05, 0.1) is 29.6 Å². The normalized spacial score (nSPS) is 24.6. The third-order valence-corrected chi connectivity index (χ3v) is 17.4. The maximum atomic E-state index is 17.3. The fraction of sp³-hybridized carbons (Fsp3) is 0.536. The first-order valence-electron chi connectivity index (χ1n) is 26.6. The van der Waals surface area contributed by atoms with Crippen molar-refractivity contribution >= 4 is 56.6 Å². The van der Waals surface area contributed by atoms with Gasteiger partial charge in [0.1, 0.15) is 40.3 Å². The lowest BCUT2D eigenvalue weighted by Crippen LogP contribution is -2.56. The van der Waals surface area contributed by atoms with Crippen molar-refractivity contribution in [3.05, 3.63) is 71.4 Å². The highest BCUT2D eigenvalue weighted by Crippen LogP contribution is 2.49. The van der Waals surface area contributed by atoms with Gasteiger partial charge in [0, 0.05) is 107 Å². The van der Waals surface area contributed by atoms with Crippen LogP contribution in [0.3, 0.4) is 0 Å². The third kappa shape index (κ3) is 8.67. The van der Waals surface area contributed by atoms with Crippen molar-refractivity contribution in [3.8, 4) is 23.0 Å². The second-order valence-corrected chi connectivity index (χ2v) is 22.7. The summed E-state index contributed by atoms with van der Waals surface area (Å²) in [6.07, 6.45) is 7.87. The number of likely N-dealkylation sites (tertiary alicyclic amines) is 1. The van der Waals surface area contributed by atoms with Crippen LogP contribution < -0.4 is 24.8 Å². The van der Waals surface area contributed by atoms with Crippen molar-refractivity contribution < 1.29 is 42.1 Å². The number of piperazine rings is 1. The number of imide groups is 1. The van der Waals surface area contributed by atoms with Crippen molar-refractivity contribution in [2.75, 3.05) is 93.4 Å². The van der Waals surface area contributed by atoms with Gasteiger partial charge in [0.25, 0.3) is 0 Å². The van der Waals surface area contributed by atoms with Gasteiger partial charge in [-0.15, -0.1) is 0 Å². The van der Waals surface area contributed by atoms with Gasteiger partial charge >= 0.3 is 6.01 Å². The highest BCUT2D eigenvalue weighted by molar-refractivity contribution is 6.14. The molecule has 6 aliphatic heterocycles. The average Bonchev–Trinajstić information content (AvgIpc) is 4.13. The topological polar surface area (TPSA) is 157 Å². The minimum absolute atomic E-state index is 0.0294. The Morgan fingerprint density at radius 3 is 2.36 bits per heavy atom. The van der Waals surface area contributed by atoms with E-state index in [0.29, 0.717) is 131 Å². The number of carbonyl (C=O) groups excluding carboxylic acids is 3. The Bertz CT molecular complexity index is 3090. The summed E-state index contributed by atoms with van der Waals surface area (Å²) in [4.78, 5) is 63.2. The van der Waals surface area contributed by atoms with Crippen LogP contribution in [-0.4, -0.2) is 144 Å². The van der Waals surface area contributed by atoms with Crippen LogP contribution in [0.1, 0.15) is 89.7 Å². The number of anilines is 3. The predicted molar refractivity (Wildman–Crippen MR) is 274 cm³/mol. The highest BCUT2D eigenvalue weighted by Gasteiger charge is 2.50. The number of hydrogen-bond donors (Lipinski definition) is 2. The second kappa shape index (κ2) is 18.3. The number of aromatic nitrogens is 3. The van der Waals surface area contributed by atoms with Crippen LogP contribution in [0.4, 0.5) is 30.4 Å². The number of rotatable bonds is 12. The van der Waals surface area contributed by atoms with Crippen molar-refractivity contribution in [2.24, 2.45) is 5.41 Å². The van der Waals surface area contributed by atoms with Gasteiger partial charge in [0.15, 0.2) is 5.82 Å². The van der Waals surface area contributed by atoms with Crippen molar-refractivity contribution in [1.82, 2.24) is 30.1 Å². The zero-order valence-corrected chi connectivity index (χ0v) is 42.5. The number of fused-ring (bicyclic) bond motifs is 3. The van der Waals surface area contributed by atoms with Crippen LogP contribution in [0.25, 0.3) is 32.9 Å². The first-order chi connectivity index (χ1) is 35.5. The van der Waals surface area contributed by atoms with E-state index >= 15 is 13.2 Å². The third-order valence-electron chi connectivity index (χ3n) is 17.4. The number of halogens is 3. The average molecular weight is 1020 g/mol. The summed E-state index contributed by atoms with van der Waals surface area (Å²) in [5.74, 6) is -1.61. The van der Waals surface area contributed by atoms with E-state index in [1.54, 1.807) is 23.2 Å². The van der Waals surface area contributed by atoms with Gasteiger partial charge < -0.3 is 29.3 Å². The molecular formula is C56H64F3N9O6. The van der Waals surface area contributed by atoms with E-state index in [4.69, 9.17) is 19.4 Å². The molecule has 0 bridgehead atoms. The van der Waals surface area contributed by atoms with E-state index in [1.807, 2.05) is 32.9 Å². The molecule has 1 saturated carbocycles. The van der Waals surface area contributed by atoms with Gasteiger partial charge in [0.2, 0.25) is 17.7 Å². The molecule has 8 heterocycles. The molecular weight excluding hydrogens is 952 g/mol. The minimum Gasteiger partial charge on any atom is -0.508 e. The van der Waals surface area contributed by atoms with Gasteiger partial charge in [-0.1, -0.05) is 13.0 Å². The molecule has 3 amide bonds. The summed E-state index contributed by atoms with van der Waals surface area (Å²) in [5.41, 5.74) is 0.607. The zero-order chi connectivity index (χ0) is 51.3. The standard InChI is InChI=1S/C56H64F3N9O6/c1-4-37-41(57)8-6-34-26-36(69)28-38(45(34)37)47-46(58)48-39(29-60-47)49(67-18-5-12-56(32-67)17-25-74-56)63-52(62-48)73-33-54(13-14-54)30-64-19-15-55(59,16-20-64)31-65-21-23-66(24-22-65)35-7-9-42-40(27-35)53(2,3)51(72)68(42)43-10-11-44(70)61-50(43)71/h6-9,26-29,43,69H,4-5,10-25,30-33H2,1-3H3,(H,61,70,71)/t43?,56-/m0/s1. The molecule has 74 heavy (non-hydrogen) atoms. The number of ether oxygens (including phenoxy) is 2. The van der Waals surface area contributed by atoms with Crippen LogP contribution >= 0.6 is 0 Å². The molecule has 3 aromatic carbocycles. The molecule has 1 aliphatic carbocycles. The molecule has 1 unspecified atom stereocenters.